The van der Waals surface area contributed by atoms with Crippen LogP contribution in [0.15, 0.2) is 0 Å². The highest BCUT2D eigenvalue weighted by atomic mass is 19.1. The second-order valence-corrected chi connectivity index (χ2v) is 7.37. The van der Waals surface area contributed by atoms with Crippen molar-refractivity contribution in [2.75, 3.05) is 0 Å². The van der Waals surface area contributed by atoms with Crippen molar-refractivity contribution in [3.8, 4) is 0 Å². The first kappa shape index (κ1) is 15.3. The van der Waals surface area contributed by atoms with Crippen LogP contribution in [0.3, 0.4) is 0 Å². The fourth-order valence-electron chi connectivity index (χ4n) is 4.45. The van der Waals surface area contributed by atoms with E-state index in [1.54, 1.807) is 0 Å². The van der Waals surface area contributed by atoms with Gasteiger partial charge in [0.1, 0.15) is 6.17 Å². The molecule has 19 heavy (non-hydrogen) atoms. The van der Waals surface area contributed by atoms with Crippen LogP contribution in [0, 0.1) is 23.7 Å². The SMILES string of the molecule is CCCCCC1CCC(C2CCC(C)CC2F)CC1. The third-order valence-corrected chi connectivity index (χ3v) is 5.80. The summed E-state index contributed by atoms with van der Waals surface area (Å²) >= 11 is 0. The minimum absolute atomic E-state index is 0.410. The molecular weight excluding hydrogens is 235 g/mol. The van der Waals surface area contributed by atoms with Crippen LogP contribution in [-0.4, -0.2) is 6.17 Å². The molecule has 0 aliphatic heterocycles. The molecule has 0 aromatic heterocycles. The summed E-state index contributed by atoms with van der Waals surface area (Å²) in [7, 11) is 0. The second kappa shape index (κ2) is 7.64. The molecular formula is C18H33F. The Balaban J connectivity index is 1.70. The summed E-state index contributed by atoms with van der Waals surface area (Å²) in [5, 5.41) is 0. The minimum atomic E-state index is -0.495. The van der Waals surface area contributed by atoms with E-state index in [4.69, 9.17) is 0 Å². The minimum Gasteiger partial charge on any atom is -0.247 e. The quantitative estimate of drug-likeness (QED) is 0.525. The van der Waals surface area contributed by atoms with Crippen molar-refractivity contribution in [3.63, 3.8) is 0 Å². The standard InChI is InChI=1S/C18H33F/c1-3-4-5-6-15-8-10-16(11-9-15)17-12-7-14(2)13-18(17)19/h14-18H,3-13H2,1-2H3. The lowest BCUT2D eigenvalue weighted by Crippen LogP contribution is -2.33. The number of halogens is 1. The third kappa shape index (κ3) is 4.46. The molecule has 0 saturated heterocycles. The molecule has 112 valence electrons. The molecule has 0 spiro atoms. The van der Waals surface area contributed by atoms with Crippen molar-refractivity contribution in [2.45, 2.75) is 90.6 Å². The van der Waals surface area contributed by atoms with Crippen molar-refractivity contribution in [3.05, 3.63) is 0 Å². The largest absolute Gasteiger partial charge is 0.247 e. The molecule has 0 nitrogen and oxygen atoms in total. The van der Waals surface area contributed by atoms with Gasteiger partial charge in [0, 0.05) is 0 Å². The van der Waals surface area contributed by atoms with Gasteiger partial charge in [-0.05, 0) is 49.4 Å². The Kier molecular flexibility index (Phi) is 6.16. The highest BCUT2D eigenvalue weighted by Gasteiger charge is 2.35. The molecule has 3 unspecified atom stereocenters. The van der Waals surface area contributed by atoms with E-state index in [-0.39, 0.29) is 0 Å². The van der Waals surface area contributed by atoms with Crippen LogP contribution in [0.5, 0.6) is 0 Å². The Morgan fingerprint density at radius 3 is 2.32 bits per heavy atom. The smallest absolute Gasteiger partial charge is 0.103 e. The topological polar surface area (TPSA) is 0 Å². The number of unbranched alkanes of at least 4 members (excludes halogenated alkanes) is 2. The molecule has 0 N–H and O–H groups in total. The van der Waals surface area contributed by atoms with Crippen LogP contribution in [0.2, 0.25) is 0 Å². The summed E-state index contributed by atoms with van der Waals surface area (Å²) in [6.45, 7) is 4.50. The van der Waals surface area contributed by atoms with E-state index >= 15 is 0 Å². The highest BCUT2D eigenvalue weighted by Crippen LogP contribution is 2.43. The van der Waals surface area contributed by atoms with Crippen LogP contribution in [-0.2, 0) is 0 Å². The monoisotopic (exact) mass is 268 g/mol. The van der Waals surface area contributed by atoms with Gasteiger partial charge in [0.2, 0.25) is 0 Å². The van der Waals surface area contributed by atoms with Crippen molar-refractivity contribution in [1.82, 2.24) is 0 Å². The zero-order valence-corrected chi connectivity index (χ0v) is 13.0. The number of alkyl halides is 1. The van der Waals surface area contributed by atoms with Crippen LogP contribution in [0.1, 0.15) is 84.5 Å². The first-order valence-electron chi connectivity index (χ1n) is 8.84. The summed E-state index contributed by atoms with van der Waals surface area (Å²) in [5.41, 5.74) is 0. The first-order chi connectivity index (χ1) is 9.20. The molecule has 0 aromatic rings. The molecule has 0 heterocycles. The predicted octanol–water partition coefficient (Wildman–Crippen LogP) is 6.15. The maximum absolute atomic E-state index is 14.2. The second-order valence-electron chi connectivity index (χ2n) is 7.37. The van der Waals surface area contributed by atoms with Crippen LogP contribution < -0.4 is 0 Å². The fourth-order valence-corrected chi connectivity index (χ4v) is 4.45. The van der Waals surface area contributed by atoms with Gasteiger partial charge in [-0.15, -0.1) is 0 Å². The van der Waals surface area contributed by atoms with Crippen LogP contribution in [0.4, 0.5) is 4.39 Å². The fraction of sp³-hybridized carbons (Fsp3) is 1.00. The van der Waals surface area contributed by atoms with Gasteiger partial charge >= 0.3 is 0 Å². The number of hydrogen-bond donors (Lipinski definition) is 0. The van der Waals surface area contributed by atoms with Gasteiger partial charge in [-0.3, -0.25) is 0 Å². The molecule has 2 saturated carbocycles. The molecule has 0 amide bonds. The molecule has 2 rings (SSSR count). The van der Waals surface area contributed by atoms with Gasteiger partial charge in [0.15, 0.2) is 0 Å². The lowest BCUT2D eigenvalue weighted by atomic mass is 9.68. The average Bonchev–Trinajstić information content (AvgIpc) is 2.40. The van der Waals surface area contributed by atoms with Gasteiger partial charge in [-0.2, -0.15) is 0 Å². The summed E-state index contributed by atoms with van der Waals surface area (Å²) < 4.78 is 14.2. The molecule has 0 aromatic carbocycles. The maximum atomic E-state index is 14.2. The number of rotatable bonds is 5. The highest BCUT2D eigenvalue weighted by molar-refractivity contribution is 4.86. The molecule has 0 radical (unpaired) electrons. The van der Waals surface area contributed by atoms with Gasteiger partial charge in [-0.1, -0.05) is 58.8 Å². The van der Waals surface area contributed by atoms with E-state index in [0.717, 1.165) is 18.8 Å². The average molecular weight is 268 g/mol. The molecule has 0 bridgehead atoms. The summed E-state index contributed by atoms with van der Waals surface area (Å²) in [4.78, 5) is 0. The Labute approximate surface area is 119 Å². The maximum Gasteiger partial charge on any atom is 0.103 e. The van der Waals surface area contributed by atoms with E-state index < -0.39 is 6.17 Å². The molecule has 2 fully saturated rings. The Hall–Kier alpha value is -0.0700. The Morgan fingerprint density at radius 1 is 0.947 bits per heavy atom. The summed E-state index contributed by atoms with van der Waals surface area (Å²) in [6, 6.07) is 0. The van der Waals surface area contributed by atoms with Crippen molar-refractivity contribution in [1.29, 1.82) is 0 Å². The van der Waals surface area contributed by atoms with Crippen molar-refractivity contribution >= 4 is 0 Å². The predicted molar refractivity (Wildman–Crippen MR) is 81.0 cm³/mol. The van der Waals surface area contributed by atoms with E-state index in [9.17, 15) is 4.39 Å². The molecule has 3 atom stereocenters. The van der Waals surface area contributed by atoms with Crippen LogP contribution >= 0.6 is 0 Å². The first-order valence-corrected chi connectivity index (χ1v) is 8.84. The lowest BCUT2D eigenvalue weighted by Gasteiger charge is -2.39. The van der Waals surface area contributed by atoms with Gasteiger partial charge in [-0.25, -0.2) is 4.39 Å². The number of hydrogen-bond acceptors (Lipinski definition) is 0. The van der Waals surface area contributed by atoms with E-state index in [0.29, 0.717) is 17.8 Å². The molecule has 2 aliphatic rings. The van der Waals surface area contributed by atoms with Crippen LogP contribution in [0.25, 0.3) is 0 Å². The van der Waals surface area contributed by atoms with Crippen molar-refractivity contribution in [2.24, 2.45) is 23.7 Å². The molecule has 2 aliphatic carbocycles. The van der Waals surface area contributed by atoms with Crippen molar-refractivity contribution < 1.29 is 4.39 Å². The van der Waals surface area contributed by atoms with Gasteiger partial charge in [0.25, 0.3) is 0 Å². The van der Waals surface area contributed by atoms with E-state index in [2.05, 4.69) is 13.8 Å². The Morgan fingerprint density at radius 2 is 1.68 bits per heavy atom. The van der Waals surface area contributed by atoms with E-state index in [1.807, 2.05) is 0 Å². The lowest BCUT2D eigenvalue weighted by molar-refractivity contribution is 0.0618. The summed E-state index contributed by atoms with van der Waals surface area (Å²) in [5.74, 6) is 2.71. The zero-order chi connectivity index (χ0) is 13.7. The zero-order valence-electron chi connectivity index (χ0n) is 13.0. The van der Waals surface area contributed by atoms with Gasteiger partial charge < -0.3 is 0 Å². The third-order valence-electron chi connectivity index (χ3n) is 5.80. The summed E-state index contributed by atoms with van der Waals surface area (Å²) in [6.07, 6.45) is 13.7. The van der Waals surface area contributed by atoms with Gasteiger partial charge in [0.05, 0.1) is 0 Å². The Bertz CT molecular complexity index is 242. The van der Waals surface area contributed by atoms with E-state index in [1.165, 1.54) is 57.8 Å². The molecule has 1 heteroatoms. The normalized spacial score (nSPS) is 40.3.